The van der Waals surface area contributed by atoms with E-state index in [4.69, 9.17) is 5.73 Å². The zero-order valence-corrected chi connectivity index (χ0v) is 11.0. The maximum absolute atomic E-state index is 11.3. The fourth-order valence-corrected chi connectivity index (χ4v) is 2.83. The zero-order valence-electron chi connectivity index (χ0n) is 11.0. The summed E-state index contributed by atoms with van der Waals surface area (Å²) >= 11 is 0. The quantitative estimate of drug-likeness (QED) is 0.837. The highest BCUT2D eigenvalue weighted by Gasteiger charge is 2.22. The average Bonchev–Trinajstić information content (AvgIpc) is 2.76. The highest BCUT2D eigenvalue weighted by molar-refractivity contribution is 5.94. The third-order valence-corrected chi connectivity index (χ3v) is 4.04. The van der Waals surface area contributed by atoms with Crippen molar-refractivity contribution >= 4 is 5.91 Å². The standard InChI is InChI=1S/C15H22N2O/c1-11-5-4-7-12(11)9-17-10-13-6-2-3-8-14(13)15(16)18/h2-3,6,8,11-12,17H,4-5,7,9-10H2,1H3,(H2,16,18). The van der Waals surface area contributed by atoms with E-state index in [9.17, 15) is 4.79 Å². The molecule has 0 heterocycles. The van der Waals surface area contributed by atoms with Crippen molar-refractivity contribution in [3.63, 3.8) is 0 Å². The molecule has 0 aliphatic heterocycles. The van der Waals surface area contributed by atoms with Gasteiger partial charge < -0.3 is 11.1 Å². The molecular weight excluding hydrogens is 224 g/mol. The highest BCUT2D eigenvalue weighted by Crippen LogP contribution is 2.30. The van der Waals surface area contributed by atoms with E-state index >= 15 is 0 Å². The van der Waals surface area contributed by atoms with E-state index in [2.05, 4.69) is 12.2 Å². The molecule has 1 aliphatic carbocycles. The van der Waals surface area contributed by atoms with Gasteiger partial charge in [-0.1, -0.05) is 38.0 Å². The van der Waals surface area contributed by atoms with Gasteiger partial charge in [0.05, 0.1) is 0 Å². The minimum atomic E-state index is -0.346. The lowest BCUT2D eigenvalue weighted by molar-refractivity contribution is 0.0999. The Hall–Kier alpha value is -1.35. The predicted molar refractivity (Wildman–Crippen MR) is 73.2 cm³/mol. The molecule has 0 spiro atoms. The van der Waals surface area contributed by atoms with Gasteiger partial charge in [-0.25, -0.2) is 0 Å². The lowest BCUT2D eigenvalue weighted by atomic mass is 9.98. The Labute approximate surface area is 109 Å². The van der Waals surface area contributed by atoms with Crippen molar-refractivity contribution in [2.75, 3.05) is 6.54 Å². The topological polar surface area (TPSA) is 55.1 Å². The molecule has 1 fully saturated rings. The van der Waals surface area contributed by atoms with Crippen LogP contribution in [0.5, 0.6) is 0 Å². The number of hydrogen-bond donors (Lipinski definition) is 2. The molecule has 1 aromatic carbocycles. The summed E-state index contributed by atoms with van der Waals surface area (Å²) < 4.78 is 0. The number of amides is 1. The molecule has 3 heteroatoms. The zero-order chi connectivity index (χ0) is 13.0. The normalized spacial score (nSPS) is 23.2. The molecule has 1 aliphatic rings. The van der Waals surface area contributed by atoms with Gasteiger partial charge in [-0.2, -0.15) is 0 Å². The molecule has 0 radical (unpaired) electrons. The molecule has 3 N–H and O–H groups in total. The number of nitrogens with two attached hydrogens (primary N) is 1. The summed E-state index contributed by atoms with van der Waals surface area (Å²) in [6.07, 6.45) is 4.03. The van der Waals surface area contributed by atoms with Crippen molar-refractivity contribution < 1.29 is 4.79 Å². The van der Waals surface area contributed by atoms with E-state index in [1.807, 2.05) is 18.2 Å². The number of nitrogens with one attached hydrogen (secondary N) is 1. The van der Waals surface area contributed by atoms with Crippen LogP contribution in [0.3, 0.4) is 0 Å². The van der Waals surface area contributed by atoms with Crippen molar-refractivity contribution in [1.29, 1.82) is 0 Å². The van der Waals surface area contributed by atoms with Gasteiger partial charge in [0, 0.05) is 12.1 Å². The monoisotopic (exact) mass is 246 g/mol. The van der Waals surface area contributed by atoms with E-state index < -0.39 is 0 Å². The minimum absolute atomic E-state index is 0.346. The first kappa shape index (κ1) is 13.1. The maximum Gasteiger partial charge on any atom is 0.249 e. The van der Waals surface area contributed by atoms with E-state index in [0.29, 0.717) is 5.56 Å². The van der Waals surface area contributed by atoms with Gasteiger partial charge in [-0.05, 0) is 36.4 Å². The number of primary amides is 1. The molecule has 2 unspecified atom stereocenters. The molecule has 1 aromatic rings. The van der Waals surface area contributed by atoms with Crippen LogP contribution in [0, 0.1) is 11.8 Å². The van der Waals surface area contributed by atoms with Crippen molar-refractivity contribution in [2.24, 2.45) is 17.6 Å². The highest BCUT2D eigenvalue weighted by atomic mass is 16.1. The van der Waals surface area contributed by atoms with Crippen LogP contribution in [0.2, 0.25) is 0 Å². The number of benzene rings is 1. The van der Waals surface area contributed by atoms with Gasteiger partial charge in [-0.3, -0.25) is 4.79 Å². The Morgan fingerprint density at radius 3 is 2.83 bits per heavy atom. The fraction of sp³-hybridized carbons (Fsp3) is 0.533. The van der Waals surface area contributed by atoms with Crippen molar-refractivity contribution in [3.8, 4) is 0 Å². The fourth-order valence-electron chi connectivity index (χ4n) is 2.83. The third kappa shape index (κ3) is 3.10. The van der Waals surface area contributed by atoms with Crippen molar-refractivity contribution in [1.82, 2.24) is 5.32 Å². The second kappa shape index (κ2) is 6.01. The Morgan fingerprint density at radius 2 is 2.17 bits per heavy atom. The summed E-state index contributed by atoms with van der Waals surface area (Å²) in [6.45, 7) is 4.09. The second-order valence-electron chi connectivity index (χ2n) is 5.32. The van der Waals surface area contributed by atoms with Crippen molar-refractivity contribution in [2.45, 2.75) is 32.7 Å². The molecular formula is C15H22N2O. The molecule has 2 atom stereocenters. The summed E-state index contributed by atoms with van der Waals surface area (Å²) in [5.41, 5.74) is 6.99. The summed E-state index contributed by atoms with van der Waals surface area (Å²) in [6, 6.07) is 7.55. The third-order valence-electron chi connectivity index (χ3n) is 4.04. The van der Waals surface area contributed by atoms with Crippen LogP contribution >= 0.6 is 0 Å². The number of carbonyl (C=O) groups is 1. The van der Waals surface area contributed by atoms with Crippen LogP contribution in [-0.2, 0) is 6.54 Å². The lowest BCUT2D eigenvalue weighted by Gasteiger charge is -2.16. The first-order valence-electron chi connectivity index (χ1n) is 6.77. The average molecular weight is 246 g/mol. The molecule has 0 saturated heterocycles. The molecule has 18 heavy (non-hydrogen) atoms. The van der Waals surface area contributed by atoms with Crippen LogP contribution in [0.25, 0.3) is 0 Å². The van der Waals surface area contributed by atoms with Crippen LogP contribution in [-0.4, -0.2) is 12.5 Å². The van der Waals surface area contributed by atoms with Gasteiger partial charge >= 0.3 is 0 Å². The molecule has 98 valence electrons. The van der Waals surface area contributed by atoms with Crippen molar-refractivity contribution in [3.05, 3.63) is 35.4 Å². The minimum Gasteiger partial charge on any atom is -0.366 e. The SMILES string of the molecule is CC1CCCC1CNCc1ccccc1C(N)=O. The van der Waals surface area contributed by atoms with E-state index in [1.165, 1.54) is 19.3 Å². The second-order valence-corrected chi connectivity index (χ2v) is 5.32. The Morgan fingerprint density at radius 1 is 1.39 bits per heavy atom. The summed E-state index contributed by atoms with van der Waals surface area (Å²) in [7, 11) is 0. The molecule has 1 amide bonds. The van der Waals surface area contributed by atoms with Gasteiger partial charge in [0.2, 0.25) is 5.91 Å². The summed E-state index contributed by atoms with van der Waals surface area (Å²) in [5, 5.41) is 3.46. The summed E-state index contributed by atoms with van der Waals surface area (Å²) in [4.78, 5) is 11.3. The Bertz CT molecular complexity index is 417. The van der Waals surface area contributed by atoms with E-state index in [1.54, 1.807) is 6.07 Å². The molecule has 0 aromatic heterocycles. The number of carbonyl (C=O) groups excluding carboxylic acids is 1. The maximum atomic E-state index is 11.3. The summed E-state index contributed by atoms with van der Waals surface area (Å²) in [5.74, 6) is 1.26. The van der Waals surface area contributed by atoms with Crippen LogP contribution in [0.1, 0.15) is 42.1 Å². The van der Waals surface area contributed by atoms with Gasteiger partial charge in [0.25, 0.3) is 0 Å². The van der Waals surface area contributed by atoms with Crippen LogP contribution in [0.4, 0.5) is 0 Å². The Kier molecular flexibility index (Phi) is 4.37. The first-order valence-corrected chi connectivity index (χ1v) is 6.77. The Balaban J connectivity index is 1.88. The van der Waals surface area contributed by atoms with Gasteiger partial charge in [-0.15, -0.1) is 0 Å². The molecule has 3 nitrogen and oxygen atoms in total. The van der Waals surface area contributed by atoms with E-state index in [-0.39, 0.29) is 5.91 Å². The number of rotatable bonds is 5. The van der Waals surface area contributed by atoms with Crippen LogP contribution < -0.4 is 11.1 Å². The van der Waals surface area contributed by atoms with Gasteiger partial charge in [0.1, 0.15) is 0 Å². The molecule has 0 bridgehead atoms. The molecule has 1 saturated carbocycles. The largest absolute Gasteiger partial charge is 0.366 e. The lowest BCUT2D eigenvalue weighted by Crippen LogP contribution is -2.25. The van der Waals surface area contributed by atoms with Gasteiger partial charge in [0.15, 0.2) is 0 Å². The van der Waals surface area contributed by atoms with Crippen LogP contribution in [0.15, 0.2) is 24.3 Å². The number of hydrogen-bond acceptors (Lipinski definition) is 2. The molecule has 2 rings (SSSR count). The predicted octanol–water partition coefficient (Wildman–Crippen LogP) is 2.31. The van der Waals surface area contributed by atoms with E-state index in [0.717, 1.165) is 30.5 Å². The smallest absolute Gasteiger partial charge is 0.249 e. The first-order chi connectivity index (χ1) is 8.68.